The number of carbonyl (C=O) groups excluding carboxylic acids is 1. The Kier molecular flexibility index (Phi) is 2.86. The number of nitrogens with one attached hydrogen (secondary N) is 1. The first-order chi connectivity index (χ1) is 6.00. The molecular weight excluding hydrogens is 164 g/mol. The van der Waals surface area contributed by atoms with E-state index in [-0.39, 0.29) is 5.41 Å². The molecule has 0 radical (unpaired) electrons. The SMILES string of the molecule is CC(C)(C)C(=O)CCc1cnc[nH]1. The fourth-order valence-corrected chi connectivity index (χ4v) is 1.04. The zero-order valence-electron chi connectivity index (χ0n) is 8.42. The second kappa shape index (κ2) is 3.73. The van der Waals surface area contributed by atoms with Crippen molar-refractivity contribution in [2.75, 3.05) is 0 Å². The smallest absolute Gasteiger partial charge is 0.138 e. The molecular formula is C10H16N2O. The van der Waals surface area contributed by atoms with E-state index >= 15 is 0 Å². The molecule has 0 atom stereocenters. The van der Waals surface area contributed by atoms with Crippen molar-refractivity contribution in [3.05, 3.63) is 18.2 Å². The van der Waals surface area contributed by atoms with Crippen LogP contribution in [-0.4, -0.2) is 15.8 Å². The zero-order valence-corrected chi connectivity index (χ0v) is 8.42. The van der Waals surface area contributed by atoms with Crippen molar-refractivity contribution < 1.29 is 4.79 Å². The van der Waals surface area contributed by atoms with Crippen molar-refractivity contribution in [2.45, 2.75) is 33.6 Å². The van der Waals surface area contributed by atoms with Crippen LogP contribution in [0, 0.1) is 5.41 Å². The predicted molar refractivity (Wildman–Crippen MR) is 51.4 cm³/mol. The van der Waals surface area contributed by atoms with Gasteiger partial charge in [0.2, 0.25) is 0 Å². The lowest BCUT2D eigenvalue weighted by molar-refractivity contribution is -0.126. The van der Waals surface area contributed by atoms with Crippen molar-refractivity contribution in [3.63, 3.8) is 0 Å². The number of nitrogens with zero attached hydrogens (tertiary/aromatic N) is 1. The maximum atomic E-state index is 11.5. The fourth-order valence-electron chi connectivity index (χ4n) is 1.04. The number of hydrogen-bond acceptors (Lipinski definition) is 2. The first-order valence-corrected chi connectivity index (χ1v) is 4.50. The molecule has 0 aliphatic heterocycles. The molecule has 1 N–H and O–H groups in total. The average molecular weight is 180 g/mol. The summed E-state index contributed by atoms with van der Waals surface area (Å²) in [4.78, 5) is 18.4. The van der Waals surface area contributed by atoms with Gasteiger partial charge in [0, 0.05) is 23.7 Å². The second-order valence-corrected chi connectivity index (χ2v) is 4.25. The van der Waals surface area contributed by atoms with Gasteiger partial charge >= 0.3 is 0 Å². The maximum absolute atomic E-state index is 11.5. The lowest BCUT2D eigenvalue weighted by Gasteiger charge is -2.15. The fraction of sp³-hybridized carbons (Fsp3) is 0.600. The average Bonchev–Trinajstić information content (AvgIpc) is 2.50. The first kappa shape index (κ1) is 9.96. The normalized spacial score (nSPS) is 11.6. The molecule has 0 spiro atoms. The van der Waals surface area contributed by atoms with Crippen LogP contribution in [-0.2, 0) is 11.2 Å². The van der Waals surface area contributed by atoms with Crippen LogP contribution in [0.25, 0.3) is 0 Å². The topological polar surface area (TPSA) is 45.8 Å². The van der Waals surface area contributed by atoms with Gasteiger partial charge in [-0.3, -0.25) is 4.79 Å². The summed E-state index contributed by atoms with van der Waals surface area (Å²) in [6.07, 6.45) is 4.74. The summed E-state index contributed by atoms with van der Waals surface area (Å²) in [5, 5.41) is 0. The van der Waals surface area contributed by atoms with Crippen LogP contribution in [0.5, 0.6) is 0 Å². The Morgan fingerprint density at radius 1 is 1.54 bits per heavy atom. The summed E-state index contributed by atoms with van der Waals surface area (Å²) >= 11 is 0. The van der Waals surface area contributed by atoms with E-state index in [2.05, 4.69) is 9.97 Å². The molecule has 3 heteroatoms. The highest BCUT2D eigenvalue weighted by Crippen LogP contribution is 2.17. The number of rotatable bonds is 3. The van der Waals surface area contributed by atoms with Gasteiger partial charge in [-0.25, -0.2) is 4.98 Å². The van der Waals surface area contributed by atoms with Crippen LogP contribution in [0.2, 0.25) is 0 Å². The minimum absolute atomic E-state index is 0.222. The Labute approximate surface area is 78.6 Å². The Morgan fingerprint density at radius 2 is 2.23 bits per heavy atom. The van der Waals surface area contributed by atoms with Gasteiger partial charge in [-0.2, -0.15) is 0 Å². The molecule has 1 rings (SSSR count). The molecule has 1 aromatic heterocycles. The molecule has 0 aromatic carbocycles. The minimum atomic E-state index is -0.222. The van der Waals surface area contributed by atoms with Crippen molar-refractivity contribution in [3.8, 4) is 0 Å². The van der Waals surface area contributed by atoms with Crippen molar-refractivity contribution in [1.82, 2.24) is 9.97 Å². The lowest BCUT2D eigenvalue weighted by atomic mass is 9.88. The van der Waals surface area contributed by atoms with Crippen LogP contribution in [0.3, 0.4) is 0 Å². The van der Waals surface area contributed by atoms with E-state index in [1.54, 1.807) is 12.5 Å². The number of hydrogen-bond donors (Lipinski definition) is 1. The molecule has 1 heterocycles. The molecule has 0 fully saturated rings. The van der Waals surface area contributed by atoms with E-state index in [0.717, 1.165) is 12.1 Å². The number of aromatic nitrogens is 2. The summed E-state index contributed by atoms with van der Waals surface area (Å²) in [5.74, 6) is 0.294. The molecule has 0 aliphatic rings. The third-order valence-electron chi connectivity index (χ3n) is 2.01. The monoisotopic (exact) mass is 180 g/mol. The van der Waals surface area contributed by atoms with Crippen LogP contribution >= 0.6 is 0 Å². The highest BCUT2D eigenvalue weighted by atomic mass is 16.1. The second-order valence-electron chi connectivity index (χ2n) is 4.25. The van der Waals surface area contributed by atoms with Crippen molar-refractivity contribution in [1.29, 1.82) is 0 Å². The lowest BCUT2D eigenvalue weighted by Crippen LogP contribution is -2.20. The van der Waals surface area contributed by atoms with Gasteiger partial charge in [-0.15, -0.1) is 0 Å². The largest absolute Gasteiger partial charge is 0.348 e. The number of ketones is 1. The van der Waals surface area contributed by atoms with E-state index in [0.29, 0.717) is 12.2 Å². The maximum Gasteiger partial charge on any atom is 0.138 e. The molecule has 0 bridgehead atoms. The Bertz CT molecular complexity index is 270. The summed E-state index contributed by atoms with van der Waals surface area (Å²) in [6.45, 7) is 5.84. The van der Waals surface area contributed by atoms with E-state index in [4.69, 9.17) is 0 Å². The third kappa shape index (κ3) is 3.01. The third-order valence-corrected chi connectivity index (χ3v) is 2.01. The molecule has 0 saturated heterocycles. The number of aryl methyl sites for hydroxylation is 1. The minimum Gasteiger partial charge on any atom is -0.348 e. The Hall–Kier alpha value is -1.12. The van der Waals surface area contributed by atoms with Gasteiger partial charge in [-0.05, 0) is 6.42 Å². The first-order valence-electron chi connectivity index (χ1n) is 4.50. The molecule has 13 heavy (non-hydrogen) atoms. The molecule has 3 nitrogen and oxygen atoms in total. The predicted octanol–water partition coefficient (Wildman–Crippen LogP) is 1.96. The van der Waals surface area contributed by atoms with E-state index in [9.17, 15) is 4.79 Å². The van der Waals surface area contributed by atoms with Crippen LogP contribution in [0.15, 0.2) is 12.5 Å². The Balaban J connectivity index is 2.40. The molecule has 0 saturated carbocycles. The molecule has 0 aliphatic carbocycles. The van der Waals surface area contributed by atoms with E-state index in [1.807, 2.05) is 20.8 Å². The summed E-state index contributed by atoms with van der Waals surface area (Å²) in [5.41, 5.74) is 0.803. The summed E-state index contributed by atoms with van der Waals surface area (Å²) in [7, 11) is 0. The van der Waals surface area contributed by atoms with Crippen LogP contribution < -0.4 is 0 Å². The van der Waals surface area contributed by atoms with Gasteiger partial charge in [0.15, 0.2) is 0 Å². The van der Waals surface area contributed by atoms with Gasteiger partial charge < -0.3 is 4.98 Å². The number of carbonyl (C=O) groups is 1. The highest BCUT2D eigenvalue weighted by molar-refractivity contribution is 5.83. The summed E-state index contributed by atoms with van der Waals surface area (Å²) in [6, 6.07) is 0. The van der Waals surface area contributed by atoms with Gasteiger partial charge in [0.05, 0.1) is 6.33 Å². The van der Waals surface area contributed by atoms with Crippen molar-refractivity contribution >= 4 is 5.78 Å². The van der Waals surface area contributed by atoms with Crippen LogP contribution in [0.4, 0.5) is 0 Å². The molecule has 0 unspecified atom stereocenters. The van der Waals surface area contributed by atoms with E-state index in [1.165, 1.54) is 0 Å². The Morgan fingerprint density at radius 3 is 2.69 bits per heavy atom. The number of imidazole rings is 1. The quantitative estimate of drug-likeness (QED) is 0.772. The molecule has 0 amide bonds. The van der Waals surface area contributed by atoms with Gasteiger partial charge in [0.25, 0.3) is 0 Å². The van der Waals surface area contributed by atoms with Gasteiger partial charge in [0.1, 0.15) is 5.78 Å². The standard InChI is InChI=1S/C10H16N2O/c1-10(2,3)9(13)5-4-8-6-11-7-12-8/h6-7H,4-5H2,1-3H3,(H,11,12). The number of aromatic amines is 1. The highest BCUT2D eigenvalue weighted by Gasteiger charge is 2.20. The van der Waals surface area contributed by atoms with E-state index < -0.39 is 0 Å². The molecule has 1 aromatic rings. The number of Topliss-reactive ketones (excluding diaryl/α,β-unsaturated/α-hetero) is 1. The number of H-pyrrole nitrogens is 1. The van der Waals surface area contributed by atoms with Crippen molar-refractivity contribution in [2.24, 2.45) is 5.41 Å². The van der Waals surface area contributed by atoms with Gasteiger partial charge in [-0.1, -0.05) is 20.8 Å². The summed E-state index contributed by atoms with van der Waals surface area (Å²) < 4.78 is 0. The van der Waals surface area contributed by atoms with Crippen LogP contribution in [0.1, 0.15) is 32.9 Å². The zero-order chi connectivity index (χ0) is 9.90. The molecule has 72 valence electrons.